The van der Waals surface area contributed by atoms with Crippen LogP contribution in [0, 0.1) is 0 Å². The van der Waals surface area contributed by atoms with E-state index in [0.717, 1.165) is 18.4 Å². The number of nitrogens with one attached hydrogen (secondary N) is 1. The molecular formula is C21H30N2O3. The van der Waals surface area contributed by atoms with Crippen LogP contribution in [0.4, 0.5) is 0 Å². The van der Waals surface area contributed by atoms with E-state index < -0.39 is 5.54 Å². The van der Waals surface area contributed by atoms with Gasteiger partial charge in [0.2, 0.25) is 0 Å². The highest BCUT2D eigenvalue weighted by molar-refractivity contribution is 6.35. The summed E-state index contributed by atoms with van der Waals surface area (Å²) in [5.41, 5.74) is 1.14. The van der Waals surface area contributed by atoms with E-state index in [0.29, 0.717) is 6.61 Å². The second kappa shape index (κ2) is 7.60. The topological polar surface area (TPSA) is 67.8 Å². The molecular weight excluding hydrogens is 328 g/mol. The van der Waals surface area contributed by atoms with Crippen molar-refractivity contribution in [3.05, 3.63) is 35.4 Å². The molecule has 2 rings (SSSR count). The van der Waals surface area contributed by atoms with Crippen molar-refractivity contribution in [2.45, 2.75) is 71.4 Å². The van der Waals surface area contributed by atoms with Gasteiger partial charge in [-0.2, -0.15) is 0 Å². The average Bonchev–Trinajstić information content (AvgIpc) is 2.92. The van der Waals surface area contributed by atoms with E-state index in [1.807, 2.05) is 52.0 Å². The van der Waals surface area contributed by atoms with Gasteiger partial charge in [0.05, 0.1) is 5.54 Å². The Kier molecular flexibility index (Phi) is 5.89. The Morgan fingerprint density at radius 1 is 1.27 bits per heavy atom. The molecule has 1 aromatic rings. The Morgan fingerprint density at radius 3 is 2.35 bits per heavy atom. The van der Waals surface area contributed by atoms with E-state index in [9.17, 15) is 9.59 Å². The maximum atomic E-state index is 12.5. The molecule has 5 nitrogen and oxygen atoms in total. The number of carbonyl (C=O) groups excluding carboxylic acids is 2. The first-order valence-corrected chi connectivity index (χ1v) is 9.19. The van der Waals surface area contributed by atoms with Crippen LogP contribution in [0.1, 0.15) is 76.2 Å². The van der Waals surface area contributed by atoms with Crippen molar-refractivity contribution in [1.82, 2.24) is 5.32 Å². The summed E-state index contributed by atoms with van der Waals surface area (Å²) in [6.07, 6.45) is 1.73. The molecule has 0 fully saturated rings. The van der Waals surface area contributed by atoms with Crippen molar-refractivity contribution in [2.75, 3.05) is 6.61 Å². The molecule has 0 saturated carbocycles. The molecule has 5 heteroatoms. The van der Waals surface area contributed by atoms with Crippen LogP contribution >= 0.6 is 0 Å². The number of nitrogens with zero attached hydrogens (tertiary/aromatic N) is 1. The standard InChI is InChI=1S/C21H30N2O3/c1-7-15(17-10-8-16(9-11-17)14(2)24)12-20(3,4)22-18(25)19-23-21(5,6)13-26-19/h8-11,15H,7,12-13H2,1-6H3,(H,22,25). The molecule has 0 bridgehead atoms. The number of ether oxygens (including phenoxy) is 1. The molecule has 1 heterocycles. The van der Waals surface area contributed by atoms with Crippen molar-refractivity contribution in [1.29, 1.82) is 0 Å². The molecule has 0 saturated heterocycles. The molecule has 1 unspecified atom stereocenters. The summed E-state index contributed by atoms with van der Waals surface area (Å²) >= 11 is 0. The number of benzene rings is 1. The SMILES string of the molecule is CCC(CC(C)(C)NC(=O)C1=NC(C)(C)CO1)c1ccc(C(C)=O)cc1. The fraction of sp³-hybridized carbons (Fsp3) is 0.571. The number of aliphatic imine (C=N–C) groups is 1. The molecule has 1 aliphatic rings. The number of carbonyl (C=O) groups is 2. The molecule has 0 spiro atoms. The Morgan fingerprint density at radius 2 is 1.88 bits per heavy atom. The summed E-state index contributed by atoms with van der Waals surface area (Å²) in [7, 11) is 0. The third-order valence-corrected chi connectivity index (χ3v) is 4.65. The van der Waals surface area contributed by atoms with Gasteiger partial charge in [-0.05, 0) is 58.9 Å². The smallest absolute Gasteiger partial charge is 0.306 e. The summed E-state index contributed by atoms with van der Waals surface area (Å²) in [6, 6.07) is 7.76. The zero-order chi connectivity index (χ0) is 19.5. The minimum absolute atomic E-state index is 0.0671. The number of hydrogen-bond acceptors (Lipinski definition) is 4. The minimum atomic E-state index is -0.407. The van der Waals surface area contributed by atoms with Crippen LogP contribution in [0.25, 0.3) is 0 Å². The Balaban J connectivity index is 2.06. The molecule has 1 amide bonds. The molecule has 1 aliphatic heterocycles. The minimum Gasteiger partial charge on any atom is -0.471 e. The van der Waals surface area contributed by atoms with Gasteiger partial charge in [0.1, 0.15) is 6.61 Å². The fourth-order valence-corrected chi connectivity index (χ4v) is 3.22. The third kappa shape index (κ3) is 5.16. The quantitative estimate of drug-likeness (QED) is 0.752. The van der Waals surface area contributed by atoms with Gasteiger partial charge in [-0.25, -0.2) is 4.99 Å². The second-order valence-corrected chi connectivity index (χ2v) is 8.34. The first-order valence-electron chi connectivity index (χ1n) is 9.19. The summed E-state index contributed by atoms with van der Waals surface area (Å²) in [4.78, 5) is 28.3. The largest absolute Gasteiger partial charge is 0.471 e. The summed E-state index contributed by atoms with van der Waals surface area (Å²) in [6.45, 7) is 12.0. The third-order valence-electron chi connectivity index (χ3n) is 4.65. The van der Waals surface area contributed by atoms with Crippen LogP contribution in [-0.4, -0.2) is 35.3 Å². The van der Waals surface area contributed by atoms with Crippen LogP contribution in [0.15, 0.2) is 29.3 Å². The Hall–Kier alpha value is -2.17. The van der Waals surface area contributed by atoms with E-state index in [1.165, 1.54) is 5.56 Å². The molecule has 0 aromatic heterocycles. The lowest BCUT2D eigenvalue weighted by atomic mass is 9.84. The van der Waals surface area contributed by atoms with Crippen LogP contribution in [0.5, 0.6) is 0 Å². The van der Waals surface area contributed by atoms with Gasteiger partial charge < -0.3 is 10.1 Å². The highest BCUT2D eigenvalue weighted by Gasteiger charge is 2.33. The average molecular weight is 358 g/mol. The van der Waals surface area contributed by atoms with E-state index in [2.05, 4.69) is 17.2 Å². The first kappa shape index (κ1) is 20.1. The Labute approximate surface area is 156 Å². The molecule has 26 heavy (non-hydrogen) atoms. The number of ketones is 1. The maximum Gasteiger partial charge on any atom is 0.306 e. The lowest BCUT2D eigenvalue weighted by molar-refractivity contribution is -0.117. The van der Waals surface area contributed by atoms with Crippen molar-refractivity contribution in [2.24, 2.45) is 4.99 Å². The normalized spacial score (nSPS) is 17.2. The summed E-state index contributed by atoms with van der Waals surface area (Å²) in [5, 5.41) is 3.05. The zero-order valence-electron chi connectivity index (χ0n) is 16.7. The van der Waals surface area contributed by atoms with Crippen molar-refractivity contribution in [3.8, 4) is 0 Å². The number of amides is 1. The molecule has 1 aromatic carbocycles. The van der Waals surface area contributed by atoms with Gasteiger partial charge in [-0.3, -0.25) is 9.59 Å². The number of hydrogen-bond donors (Lipinski definition) is 1. The van der Waals surface area contributed by atoms with E-state index in [4.69, 9.17) is 4.74 Å². The van der Waals surface area contributed by atoms with Gasteiger partial charge in [-0.1, -0.05) is 31.2 Å². The van der Waals surface area contributed by atoms with E-state index >= 15 is 0 Å². The monoisotopic (exact) mass is 358 g/mol. The summed E-state index contributed by atoms with van der Waals surface area (Å²) < 4.78 is 5.43. The summed E-state index contributed by atoms with van der Waals surface area (Å²) in [5.74, 6) is 0.260. The molecule has 1 N–H and O–H groups in total. The maximum absolute atomic E-state index is 12.5. The van der Waals surface area contributed by atoms with Gasteiger partial charge in [0.15, 0.2) is 5.78 Å². The number of Topliss-reactive ketones (excluding diaryl/α,β-unsaturated/α-hetero) is 1. The van der Waals surface area contributed by atoms with Gasteiger partial charge >= 0.3 is 5.91 Å². The lowest BCUT2D eigenvalue weighted by Crippen LogP contribution is -2.47. The van der Waals surface area contributed by atoms with Crippen molar-refractivity contribution in [3.63, 3.8) is 0 Å². The van der Waals surface area contributed by atoms with Crippen LogP contribution in [-0.2, 0) is 9.53 Å². The van der Waals surface area contributed by atoms with Crippen LogP contribution < -0.4 is 5.32 Å². The first-order chi connectivity index (χ1) is 12.0. The molecule has 142 valence electrons. The van der Waals surface area contributed by atoms with Crippen molar-refractivity contribution < 1.29 is 14.3 Å². The molecule has 0 radical (unpaired) electrons. The van der Waals surface area contributed by atoms with Gasteiger partial charge in [-0.15, -0.1) is 0 Å². The second-order valence-electron chi connectivity index (χ2n) is 8.34. The van der Waals surface area contributed by atoms with Crippen LogP contribution in [0.2, 0.25) is 0 Å². The Bertz CT molecular complexity index is 702. The molecule has 0 aliphatic carbocycles. The predicted octanol–water partition coefficient (Wildman–Crippen LogP) is 3.88. The fourth-order valence-electron chi connectivity index (χ4n) is 3.22. The lowest BCUT2D eigenvalue weighted by Gasteiger charge is -2.30. The highest BCUT2D eigenvalue weighted by Crippen LogP contribution is 2.29. The van der Waals surface area contributed by atoms with E-state index in [-0.39, 0.29) is 29.0 Å². The van der Waals surface area contributed by atoms with Crippen molar-refractivity contribution >= 4 is 17.6 Å². The van der Waals surface area contributed by atoms with Crippen LogP contribution in [0.3, 0.4) is 0 Å². The number of rotatable bonds is 7. The van der Waals surface area contributed by atoms with Gasteiger partial charge in [0, 0.05) is 11.1 Å². The predicted molar refractivity (Wildman–Crippen MR) is 104 cm³/mol. The van der Waals surface area contributed by atoms with E-state index in [1.54, 1.807) is 6.92 Å². The zero-order valence-corrected chi connectivity index (χ0v) is 16.7. The molecule has 1 atom stereocenters. The highest BCUT2D eigenvalue weighted by atomic mass is 16.5. The van der Waals surface area contributed by atoms with Gasteiger partial charge in [0.25, 0.3) is 5.90 Å².